The zero-order valence-corrected chi connectivity index (χ0v) is 15.8. The Morgan fingerprint density at radius 1 is 1.15 bits per heavy atom. The number of hydrogen-bond donors (Lipinski definition) is 1. The van der Waals surface area contributed by atoms with Gasteiger partial charge in [-0.3, -0.25) is 9.59 Å². The molecule has 6 nitrogen and oxygen atoms in total. The molecular formula is C20H28N2O4. The number of ketones is 1. The maximum atomic E-state index is 12.4. The average molecular weight is 360 g/mol. The number of nitrogens with one attached hydrogen (secondary N) is 1. The van der Waals surface area contributed by atoms with Gasteiger partial charge >= 0.3 is 6.09 Å². The maximum Gasteiger partial charge on any atom is 0.410 e. The van der Waals surface area contributed by atoms with Gasteiger partial charge in [-0.1, -0.05) is 30.3 Å². The summed E-state index contributed by atoms with van der Waals surface area (Å²) in [4.78, 5) is 38.4. The lowest BCUT2D eigenvalue weighted by Crippen LogP contribution is -2.48. The Kier molecular flexibility index (Phi) is 6.77. The number of hydrogen-bond acceptors (Lipinski definition) is 4. The van der Waals surface area contributed by atoms with Crippen LogP contribution in [0.25, 0.3) is 0 Å². The molecule has 1 aliphatic heterocycles. The van der Waals surface area contributed by atoms with Crippen molar-refractivity contribution >= 4 is 17.8 Å². The van der Waals surface area contributed by atoms with E-state index >= 15 is 0 Å². The van der Waals surface area contributed by atoms with Crippen molar-refractivity contribution < 1.29 is 19.1 Å². The van der Waals surface area contributed by atoms with Crippen LogP contribution in [0.2, 0.25) is 0 Å². The number of amides is 2. The van der Waals surface area contributed by atoms with E-state index in [2.05, 4.69) is 5.32 Å². The third kappa shape index (κ3) is 6.17. The highest BCUT2D eigenvalue weighted by molar-refractivity contribution is 5.99. The fraction of sp³-hybridized carbons (Fsp3) is 0.550. The van der Waals surface area contributed by atoms with Crippen LogP contribution in [-0.4, -0.2) is 47.4 Å². The smallest absolute Gasteiger partial charge is 0.410 e. The lowest BCUT2D eigenvalue weighted by atomic mass is 9.99. The van der Waals surface area contributed by atoms with Crippen LogP contribution in [0.3, 0.4) is 0 Å². The summed E-state index contributed by atoms with van der Waals surface area (Å²) >= 11 is 0. The Bertz CT molecular complexity index is 637. The molecule has 1 N–H and O–H groups in total. The normalized spacial score (nSPS) is 17.5. The Morgan fingerprint density at radius 3 is 2.50 bits per heavy atom. The summed E-state index contributed by atoms with van der Waals surface area (Å²) in [6.45, 7) is 6.03. The number of likely N-dealkylation sites (tertiary alicyclic amines) is 1. The van der Waals surface area contributed by atoms with Crippen molar-refractivity contribution in [2.75, 3.05) is 13.1 Å². The molecule has 1 aliphatic rings. The predicted octanol–water partition coefficient (Wildman–Crippen LogP) is 3.17. The molecule has 1 atom stereocenters. The number of carbonyl (C=O) groups excluding carboxylic acids is 3. The maximum absolute atomic E-state index is 12.4. The van der Waals surface area contributed by atoms with Crippen molar-refractivity contribution in [2.24, 2.45) is 0 Å². The van der Waals surface area contributed by atoms with Gasteiger partial charge in [0.1, 0.15) is 5.60 Å². The minimum absolute atomic E-state index is 0.0397. The van der Waals surface area contributed by atoms with Gasteiger partial charge in [0, 0.05) is 24.6 Å². The Morgan fingerprint density at radius 2 is 1.85 bits per heavy atom. The molecule has 6 heteroatoms. The number of piperidine rings is 1. The monoisotopic (exact) mass is 360 g/mol. The number of rotatable bonds is 5. The first kappa shape index (κ1) is 19.9. The topological polar surface area (TPSA) is 75.7 Å². The molecule has 0 spiro atoms. The van der Waals surface area contributed by atoms with Crippen LogP contribution in [0.1, 0.15) is 56.8 Å². The lowest BCUT2D eigenvalue weighted by Gasteiger charge is -2.36. The van der Waals surface area contributed by atoms with Gasteiger partial charge in [0.25, 0.3) is 0 Å². The first-order valence-electron chi connectivity index (χ1n) is 9.11. The molecule has 2 amide bonds. The second-order valence-corrected chi connectivity index (χ2v) is 7.59. The standard InChI is InChI=1S/C20H28N2O4/c1-20(2,3)26-19(25)22-12-8-7-11-16(22)13-18(24)21-14-17(23)15-9-5-4-6-10-15/h4-6,9-10,16H,7-8,11-14H2,1-3H3,(H,21,24). The summed E-state index contributed by atoms with van der Waals surface area (Å²) in [5, 5.41) is 2.67. The molecule has 1 unspecified atom stereocenters. The summed E-state index contributed by atoms with van der Waals surface area (Å²) in [7, 11) is 0. The van der Waals surface area contributed by atoms with Crippen LogP contribution in [0.4, 0.5) is 4.79 Å². The second kappa shape index (κ2) is 8.83. The van der Waals surface area contributed by atoms with Crippen molar-refractivity contribution in [1.82, 2.24) is 10.2 Å². The summed E-state index contributed by atoms with van der Waals surface area (Å²) in [6.07, 6.45) is 2.44. The first-order valence-corrected chi connectivity index (χ1v) is 9.11. The quantitative estimate of drug-likeness (QED) is 0.819. The third-order valence-corrected chi connectivity index (χ3v) is 4.22. The molecular weight excluding hydrogens is 332 g/mol. The van der Waals surface area contributed by atoms with Gasteiger partial charge in [-0.05, 0) is 40.0 Å². The van der Waals surface area contributed by atoms with Crippen molar-refractivity contribution in [1.29, 1.82) is 0 Å². The number of carbonyl (C=O) groups is 3. The number of Topliss-reactive ketones (excluding diaryl/α,β-unsaturated/α-hetero) is 1. The first-order chi connectivity index (χ1) is 12.3. The highest BCUT2D eigenvalue weighted by Gasteiger charge is 2.31. The van der Waals surface area contributed by atoms with Crippen LogP contribution in [0, 0.1) is 0 Å². The van der Waals surface area contributed by atoms with E-state index in [9.17, 15) is 14.4 Å². The van der Waals surface area contributed by atoms with E-state index in [0.717, 1.165) is 19.3 Å². The van der Waals surface area contributed by atoms with Crippen molar-refractivity contribution in [3.63, 3.8) is 0 Å². The van der Waals surface area contributed by atoms with Gasteiger partial charge in [0.05, 0.1) is 6.54 Å². The molecule has 1 fully saturated rings. The molecule has 1 saturated heterocycles. The Hall–Kier alpha value is -2.37. The highest BCUT2D eigenvalue weighted by atomic mass is 16.6. The van der Waals surface area contributed by atoms with E-state index in [0.29, 0.717) is 12.1 Å². The summed E-state index contributed by atoms with van der Waals surface area (Å²) in [6, 6.07) is 8.67. The van der Waals surface area contributed by atoms with Crippen molar-refractivity contribution in [3.8, 4) is 0 Å². The van der Waals surface area contributed by atoms with Gasteiger partial charge < -0.3 is 15.0 Å². The molecule has 0 aromatic heterocycles. The fourth-order valence-electron chi connectivity index (χ4n) is 2.96. The molecule has 2 rings (SSSR count). The minimum atomic E-state index is -0.566. The van der Waals surface area contributed by atoms with E-state index in [4.69, 9.17) is 4.74 Å². The molecule has 0 aliphatic carbocycles. The molecule has 1 aromatic rings. The summed E-state index contributed by atoms with van der Waals surface area (Å²) in [5.74, 6) is -0.360. The Balaban J connectivity index is 1.87. The van der Waals surface area contributed by atoms with Crippen LogP contribution in [0.15, 0.2) is 30.3 Å². The van der Waals surface area contributed by atoms with Crippen molar-refractivity contribution in [2.45, 2.75) is 58.1 Å². The molecule has 142 valence electrons. The number of ether oxygens (including phenoxy) is 1. The zero-order chi connectivity index (χ0) is 19.2. The van der Waals surface area contributed by atoms with Gasteiger partial charge in [-0.25, -0.2) is 4.79 Å². The minimum Gasteiger partial charge on any atom is -0.444 e. The van der Waals surface area contributed by atoms with E-state index in [-0.39, 0.29) is 36.8 Å². The van der Waals surface area contributed by atoms with E-state index in [1.807, 2.05) is 26.8 Å². The van der Waals surface area contributed by atoms with Gasteiger partial charge in [0.2, 0.25) is 5.91 Å². The fourth-order valence-corrected chi connectivity index (χ4v) is 2.96. The summed E-state index contributed by atoms with van der Waals surface area (Å²) < 4.78 is 5.45. The van der Waals surface area contributed by atoms with E-state index < -0.39 is 5.60 Å². The number of benzene rings is 1. The van der Waals surface area contributed by atoms with Crippen LogP contribution >= 0.6 is 0 Å². The van der Waals surface area contributed by atoms with Gasteiger partial charge in [-0.15, -0.1) is 0 Å². The second-order valence-electron chi connectivity index (χ2n) is 7.59. The SMILES string of the molecule is CC(C)(C)OC(=O)N1CCCCC1CC(=O)NCC(=O)c1ccccc1. The molecule has 0 saturated carbocycles. The van der Waals surface area contributed by atoms with Crippen LogP contribution < -0.4 is 5.32 Å². The van der Waals surface area contributed by atoms with Gasteiger partial charge in [0.15, 0.2) is 5.78 Å². The van der Waals surface area contributed by atoms with Crippen molar-refractivity contribution in [3.05, 3.63) is 35.9 Å². The zero-order valence-electron chi connectivity index (χ0n) is 15.8. The van der Waals surface area contributed by atoms with E-state index in [1.54, 1.807) is 29.2 Å². The lowest BCUT2D eigenvalue weighted by molar-refractivity contribution is -0.122. The summed E-state index contributed by atoms with van der Waals surface area (Å²) in [5.41, 5.74) is 0.00420. The third-order valence-electron chi connectivity index (χ3n) is 4.22. The molecule has 0 radical (unpaired) electrons. The predicted molar refractivity (Wildman–Crippen MR) is 99.0 cm³/mol. The Labute approximate surface area is 154 Å². The highest BCUT2D eigenvalue weighted by Crippen LogP contribution is 2.22. The largest absolute Gasteiger partial charge is 0.444 e. The molecule has 26 heavy (non-hydrogen) atoms. The average Bonchev–Trinajstić information content (AvgIpc) is 2.59. The molecule has 1 aromatic carbocycles. The van der Waals surface area contributed by atoms with E-state index in [1.165, 1.54) is 0 Å². The molecule has 1 heterocycles. The van der Waals surface area contributed by atoms with Gasteiger partial charge in [-0.2, -0.15) is 0 Å². The van der Waals surface area contributed by atoms with Crippen LogP contribution in [0.5, 0.6) is 0 Å². The van der Waals surface area contributed by atoms with Crippen LogP contribution in [-0.2, 0) is 9.53 Å². The molecule has 0 bridgehead atoms. The number of nitrogens with zero attached hydrogens (tertiary/aromatic N) is 1.